The average Bonchev–Trinajstić information content (AvgIpc) is 2.53. The van der Waals surface area contributed by atoms with Crippen molar-refractivity contribution >= 4 is 16.6 Å². The number of aromatic nitrogens is 1. The Morgan fingerprint density at radius 3 is 3.05 bits per heavy atom. The van der Waals surface area contributed by atoms with Gasteiger partial charge in [-0.3, -0.25) is 9.78 Å². The number of benzene rings is 1. The van der Waals surface area contributed by atoms with Gasteiger partial charge >= 0.3 is 0 Å². The molecule has 1 fully saturated rings. The van der Waals surface area contributed by atoms with E-state index < -0.39 is 0 Å². The van der Waals surface area contributed by atoms with Crippen LogP contribution in [0.3, 0.4) is 0 Å². The van der Waals surface area contributed by atoms with E-state index >= 15 is 0 Å². The molecule has 2 unspecified atom stereocenters. The lowest BCUT2D eigenvalue weighted by atomic mass is 9.76. The van der Waals surface area contributed by atoms with Crippen molar-refractivity contribution in [1.29, 1.82) is 0 Å². The lowest BCUT2D eigenvalue weighted by molar-refractivity contribution is 0.0864. The van der Waals surface area contributed by atoms with Gasteiger partial charge in [-0.2, -0.15) is 0 Å². The van der Waals surface area contributed by atoms with E-state index in [1.54, 1.807) is 6.20 Å². The van der Waals surface area contributed by atoms with Crippen molar-refractivity contribution in [2.45, 2.75) is 39.0 Å². The van der Waals surface area contributed by atoms with Crippen LogP contribution in [0.1, 0.15) is 49.4 Å². The molecule has 1 aromatic carbocycles. The van der Waals surface area contributed by atoms with Gasteiger partial charge in [0.1, 0.15) is 0 Å². The van der Waals surface area contributed by atoms with Crippen molar-refractivity contribution in [3.05, 3.63) is 42.2 Å². The highest BCUT2D eigenvalue weighted by Gasteiger charge is 2.27. The van der Waals surface area contributed by atoms with Crippen LogP contribution < -0.4 is 0 Å². The van der Waals surface area contributed by atoms with E-state index in [4.69, 9.17) is 0 Å². The summed E-state index contributed by atoms with van der Waals surface area (Å²) in [5.74, 6) is 1.28. The van der Waals surface area contributed by atoms with Gasteiger partial charge in [0, 0.05) is 29.3 Å². The van der Waals surface area contributed by atoms with E-state index in [9.17, 15) is 4.79 Å². The van der Waals surface area contributed by atoms with Crippen LogP contribution >= 0.6 is 0 Å². The highest BCUT2D eigenvalue weighted by molar-refractivity contribution is 6.08. The largest absolute Gasteiger partial charge is 0.294 e. The number of Topliss-reactive ketones (excluding diaryl/α,β-unsaturated/α-hetero) is 1. The molecular formula is C18H21NO. The van der Waals surface area contributed by atoms with Gasteiger partial charge in [-0.05, 0) is 30.2 Å². The van der Waals surface area contributed by atoms with Gasteiger partial charge in [-0.1, -0.05) is 44.4 Å². The maximum atomic E-state index is 12.9. The van der Waals surface area contributed by atoms with Crippen molar-refractivity contribution in [3.8, 4) is 0 Å². The molecule has 0 spiro atoms. The van der Waals surface area contributed by atoms with Gasteiger partial charge in [0.2, 0.25) is 0 Å². The highest BCUT2D eigenvalue weighted by atomic mass is 16.1. The zero-order valence-electron chi connectivity index (χ0n) is 12.0. The zero-order chi connectivity index (χ0) is 13.9. The molecule has 0 amide bonds. The standard InChI is InChI=1S/C18H21NO/c1-2-13-5-3-6-14(11-13)18(20)17-8-4-7-15-12-19-10-9-16(15)17/h4,7-10,12-14H,2-3,5-6,11H2,1H3. The van der Waals surface area contributed by atoms with Crippen LogP contribution in [-0.4, -0.2) is 10.8 Å². The van der Waals surface area contributed by atoms with Gasteiger partial charge < -0.3 is 0 Å². The summed E-state index contributed by atoms with van der Waals surface area (Å²) in [6.07, 6.45) is 9.41. The average molecular weight is 267 g/mol. The summed E-state index contributed by atoms with van der Waals surface area (Å²) in [5, 5.41) is 2.10. The Balaban J connectivity index is 1.92. The van der Waals surface area contributed by atoms with Gasteiger partial charge in [-0.25, -0.2) is 0 Å². The van der Waals surface area contributed by atoms with Crippen molar-refractivity contribution in [3.63, 3.8) is 0 Å². The lowest BCUT2D eigenvalue weighted by Gasteiger charge is -2.27. The van der Waals surface area contributed by atoms with Crippen molar-refractivity contribution in [2.75, 3.05) is 0 Å². The summed E-state index contributed by atoms with van der Waals surface area (Å²) in [6.45, 7) is 2.24. The van der Waals surface area contributed by atoms with E-state index in [0.29, 0.717) is 5.78 Å². The third-order valence-electron chi connectivity index (χ3n) is 4.68. The summed E-state index contributed by atoms with van der Waals surface area (Å²) in [5.41, 5.74) is 0.881. The van der Waals surface area contributed by atoms with E-state index in [-0.39, 0.29) is 5.92 Å². The minimum Gasteiger partial charge on any atom is -0.294 e. The van der Waals surface area contributed by atoms with Crippen LogP contribution in [0.25, 0.3) is 10.8 Å². The van der Waals surface area contributed by atoms with E-state index in [1.807, 2.05) is 30.5 Å². The van der Waals surface area contributed by atoms with Crippen molar-refractivity contribution < 1.29 is 4.79 Å². The maximum Gasteiger partial charge on any atom is 0.166 e. The molecule has 1 saturated carbocycles. The maximum absolute atomic E-state index is 12.9. The Morgan fingerprint density at radius 1 is 1.30 bits per heavy atom. The Bertz CT molecular complexity index is 614. The third-order valence-corrected chi connectivity index (χ3v) is 4.68. The molecule has 0 saturated heterocycles. The first-order valence-electron chi connectivity index (χ1n) is 7.66. The minimum absolute atomic E-state index is 0.215. The topological polar surface area (TPSA) is 30.0 Å². The summed E-state index contributed by atoms with van der Waals surface area (Å²) in [4.78, 5) is 17.0. The van der Waals surface area contributed by atoms with Gasteiger partial charge in [0.15, 0.2) is 5.78 Å². The monoisotopic (exact) mass is 267 g/mol. The molecule has 1 aliphatic rings. The van der Waals surface area contributed by atoms with Crippen molar-refractivity contribution in [1.82, 2.24) is 4.98 Å². The van der Waals surface area contributed by atoms with Crippen LogP contribution in [0.2, 0.25) is 0 Å². The first-order chi connectivity index (χ1) is 9.79. The molecule has 0 N–H and O–H groups in total. The predicted molar refractivity (Wildman–Crippen MR) is 81.8 cm³/mol. The Morgan fingerprint density at radius 2 is 2.20 bits per heavy atom. The van der Waals surface area contributed by atoms with E-state index in [1.165, 1.54) is 19.3 Å². The smallest absolute Gasteiger partial charge is 0.166 e. The quantitative estimate of drug-likeness (QED) is 0.759. The van der Waals surface area contributed by atoms with E-state index in [2.05, 4.69) is 11.9 Å². The molecule has 1 aliphatic carbocycles. The molecular weight excluding hydrogens is 246 g/mol. The molecule has 2 heteroatoms. The van der Waals surface area contributed by atoms with Crippen LogP contribution in [0.4, 0.5) is 0 Å². The summed E-state index contributed by atoms with van der Waals surface area (Å²) < 4.78 is 0. The minimum atomic E-state index is 0.215. The fourth-order valence-electron chi connectivity index (χ4n) is 3.46. The fourth-order valence-corrected chi connectivity index (χ4v) is 3.46. The summed E-state index contributed by atoms with van der Waals surface area (Å²) in [6, 6.07) is 7.93. The number of nitrogens with zero attached hydrogens (tertiary/aromatic N) is 1. The molecule has 2 aromatic rings. The van der Waals surface area contributed by atoms with Crippen LogP contribution in [0, 0.1) is 11.8 Å². The Kier molecular flexibility index (Phi) is 3.81. The van der Waals surface area contributed by atoms with Crippen molar-refractivity contribution in [2.24, 2.45) is 11.8 Å². The lowest BCUT2D eigenvalue weighted by Crippen LogP contribution is -2.23. The second-order valence-electron chi connectivity index (χ2n) is 5.90. The Hall–Kier alpha value is -1.70. The molecule has 104 valence electrons. The molecule has 2 atom stereocenters. The molecule has 0 radical (unpaired) electrons. The van der Waals surface area contributed by atoms with Crippen LogP contribution in [0.5, 0.6) is 0 Å². The summed E-state index contributed by atoms with van der Waals surface area (Å²) in [7, 11) is 0. The molecule has 1 heterocycles. The van der Waals surface area contributed by atoms with Gasteiger partial charge in [-0.15, -0.1) is 0 Å². The number of ketones is 1. The first-order valence-corrected chi connectivity index (χ1v) is 7.66. The molecule has 3 rings (SSSR count). The number of carbonyl (C=O) groups is 1. The highest BCUT2D eigenvalue weighted by Crippen LogP contribution is 2.34. The molecule has 0 bridgehead atoms. The predicted octanol–water partition coefficient (Wildman–Crippen LogP) is 4.63. The number of rotatable bonds is 3. The number of pyridine rings is 1. The van der Waals surface area contributed by atoms with Crippen LogP contribution in [0.15, 0.2) is 36.7 Å². The number of carbonyl (C=O) groups excluding carboxylic acids is 1. The second kappa shape index (κ2) is 5.74. The van der Waals surface area contributed by atoms with Crippen LogP contribution in [-0.2, 0) is 0 Å². The second-order valence-corrected chi connectivity index (χ2v) is 5.90. The number of hydrogen-bond donors (Lipinski definition) is 0. The van der Waals surface area contributed by atoms with Gasteiger partial charge in [0.05, 0.1) is 0 Å². The van der Waals surface area contributed by atoms with E-state index in [0.717, 1.165) is 35.1 Å². The SMILES string of the molecule is CCC1CCCC(C(=O)c2cccc3cnccc23)C1. The number of hydrogen-bond acceptors (Lipinski definition) is 2. The first kappa shape index (κ1) is 13.3. The summed E-state index contributed by atoms with van der Waals surface area (Å²) >= 11 is 0. The zero-order valence-corrected chi connectivity index (χ0v) is 12.0. The molecule has 2 nitrogen and oxygen atoms in total. The number of fused-ring (bicyclic) bond motifs is 1. The third kappa shape index (κ3) is 2.47. The molecule has 1 aromatic heterocycles. The van der Waals surface area contributed by atoms with Gasteiger partial charge in [0.25, 0.3) is 0 Å². The fraction of sp³-hybridized carbons (Fsp3) is 0.444. The molecule has 0 aliphatic heterocycles. The normalized spacial score (nSPS) is 22.9. The Labute approximate surface area is 120 Å². The molecule has 20 heavy (non-hydrogen) atoms.